The Morgan fingerprint density at radius 2 is 2.06 bits per heavy atom. The predicted molar refractivity (Wildman–Crippen MR) is 69.5 cm³/mol. The van der Waals surface area contributed by atoms with Gasteiger partial charge in [0.05, 0.1) is 12.7 Å². The molecule has 0 spiro atoms. The normalized spacial score (nSPS) is 10.4. The summed E-state index contributed by atoms with van der Waals surface area (Å²) in [5.74, 6) is 3.82. The maximum atomic E-state index is 5.39. The number of aromatic nitrogens is 3. The Kier molecular flexibility index (Phi) is 3.76. The molecule has 0 bridgehead atoms. The van der Waals surface area contributed by atoms with Gasteiger partial charge < -0.3 is 15.1 Å². The van der Waals surface area contributed by atoms with E-state index in [0.29, 0.717) is 12.4 Å². The van der Waals surface area contributed by atoms with Gasteiger partial charge in [-0.15, -0.1) is 0 Å². The fraction of sp³-hybridized carbons (Fsp3) is 0.417. The molecule has 0 radical (unpaired) electrons. The van der Waals surface area contributed by atoms with E-state index in [1.807, 2.05) is 27.0 Å². The standard InChI is InChI=1S/C12H17N5O/c1-4-9-16-10(13-3)5-11(17-9)14-7-12-15-6-8(2)18-12/h5-6H,4,7H2,1-3H3,(H2,13,14,16,17). The van der Waals surface area contributed by atoms with Crippen molar-refractivity contribution in [3.05, 3.63) is 29.7 Å². The molecule has 2 aromatic heterocycles. The fourth-order valence-corrected chi connectivity index (χ4v) is 1.52. The second-order valence-electron chi connectivity index (χ2n) is 3.88. The molecule has 0 unspecified atom stereocenters. The van der Waals surface area contributed by atoms with Crippen LogP contribution in [-0.4, -0.2) is 22.0 Å². The summed E-state index contributed by atoms with van der Waals surface area (Å²) in [5.41, 5.74) is 0. The van der Waals surface area contributed by atoms with Gasteiger partial charge in [0.2, 0.25) is 5.89 Å². The molecular weight excluding hydrogens is 230 g/mol. The lowest BCUT2D eigenvalue weighted by Crippen LogP contribution is -2.06. The van der Waals surface area contributed by atoms with Gasteiger partial charge in [0, 0.05) is 19.5 Å². The van der Waals surface area contributed by atoms with Crippen LogP contribution in [0.5, 0.6) is 0 Å². The van der Waals surface area contributed by atoms with E-state index in [9.17, 15) is 0 Å². The molecule has 6 nitrogen and oxygen atoms in total. The third-order valence-electron chi connectivity index (χ3n) is 2.43. The molecule has 0 fully saturated rings. The van der Waals surface area contributed by atoms with Crippen LogP contribution in [0.4, 0.5) is 11.6 Å². The van der Waals surface area contributed by atoms with Crippen LogP contribution in [0.3, 0.4) is 0 Å². The van der Waals surface area contributed by atoms with Crippen molar-refractivity contribution in [2.45, 2.75) is 26.8 Å². The van der Waals surface area contributed by atoms with Gasteiger partial charge in [0.15, 0.2) is 0 Å². The second-order valence-corrected chi connectivity index (χ2v) is 3.88. The lowest BCUT2D eigenvalue weighted by Gasteiger charge is -2.07. The average molecular weight is 247 g/mol. The van der Waals surface area contributed by atoms with Crippen LogP contribution >= 0.6 is 0 Å². The Labute approximate surface area is 106 Å². The first-order valence-electron chi connectivity index (χ1n) is 5.92. The molecule has 2 heterocycles. The lowest BCUT2D eigenvalue weighted by atomic mass is 10.4. The van der Waals surface area contributed by atoms with Gasteiger partial charge in [-0.25, -0.2) is 15.0 Å². The van der Waals surface area contributed by atoms with Crippen molar-refractivity contribution in [3.8, 4) is 0 Å². The van der Waals surface area contributed by atoms with E-state index in [1.54, 1.807) is 6.20 Å². The quantitative estimate of drug-likeness (QED) is 0.841. The molecule has 0 aliphatic carbocycles. The smallest absolute Gasteiger partial charge is 0.213 e. The van der Waals surface area contributed by atoms with Crippen LogP contribution in [0.15, 0.2) is 16.7 Å². The zero-order valence-corrected chi connectivity index (χ0v) is 10.8. The Hall–Kier alpha value is -2.11. The topological polar surface area (TPSA) is 75.9 Å². The largest absolute Gasteiger partial charge is 0.444 e. The first-order chi connectivity index (χ1) is 8.71. The third-order valence-corrected chi connectivity index (χ3v) is 2.43. The molecule has 0 atom stereocenters. The van der Waals surface area contributed by atoms with Gasteiger partial charge in [-0.3, -0.25) is 0 Å². The van der Waals surface area contributed by atoms with Crippen LogP contribution < -0.4 is 10.6 Å². The SMILES string of the molecule is CCc1nc(NC)cc(NCc2ncc(C)o2)n1. The summed E-state index contributed by atoms with van der Waals surface area (Å²) in [6, 6.07) is 1.86. The first-order valence-corrected chi connectivity index (χ1v) is 5.92. The average Bonchev–Trinajstić information content (AvgIpc) is 2.81. The zero-order chi connectivity index (χ0) is 13.0. The Morgan fingerprint density at radius 3 is 2.67 bits per heavy atom. The van der Waals surface area contributed by atoms with E-state index in [-0.39, 0.29) is 0 Å². The molecular formula is C12H17N5O. The summed E-state index contributed by atoms with van der Waals surface area (Å²) in [6.45, 7) is 4.41. The maximum absolute atomic E-state index is 5.39. The van der Waals surface area contributed by atoms with Gasteiger partial charge in [-0.2, -0.15) is 0 Å². The zero-order valence-electron chi connectivity index (χ0n) is 10.8. The highest BCUT2D eigenvalue weighted by Crippen LogP contribution is 2.12. The molecule has 0 aliphatic heterocycles. The van der Waals surface area contributed by atoms with Crippen molar-refractivity contribution in [3.63, 3.8) is 0 Å². The van der Waals surface area contributed by atoms with Crippen molar-refractivity contribution >= 4 is 11.6 Å². The van der Waals surface area contributed by atoms with Crippen LogP contribution in [0.25, 0.3) is 0 Å². The van der Waals surface area contributed by atoms with E-state index in [1.165, 1.54) is 0 Å². The summed E-state index contributed by atoms with van der Waals surface area (Å²) in [5, 5.41) is 6.19. The Bertz CT molecular complexity index is 501. The van der Waals surface area contributed by atoms with Crippen molar-refractivity contribution < 1.29 is 4.42 Å². The minimum atomic E-state index is 0.511. The van der Waals surface area contributed by atoms with Crippen molar-refractivity contribution in [2.24, 2.45) is 0 Å². The molecule has 2 rings (SSSR count). The monoisotopic (exact) mass is 247 g/mol. The molecule has 0 aromatic carbocycles. The summed E-state index contributed by atoms with van der Waals surface area (Å²) in [6.07, 6.45) is 2.50. The van der Waals surface area contributed by atoms with E-state index in [4.69, 9.17) is 4.42 Å². The van der Waals surface area contributed by atoms with Gasteiger partial charge >= 0.3 is 0 Å². The number of nitrogens with zero attached hydrogens (tertiary/aromatic N) is 3. The van der Waals surface area contributed by atoms with E-state index in [2.05, 4.69) is 25.6 Å². The van der Waals surface area contributed by atoms with Crippen LogP contribution in [0.1, 0.15) is 24.4 Å². The number of aryl methyl sites for hydroxylation is 2. The number of hydrogen-bond donors (Lipinski definition) is 2. The highest BCUT2D eigenvalue weighted by molar-refractivity contribution is 5.47. The fourth-order valence-electron chi connectivity index (χ4n) is 1.52. The van der Waals surface area contributed by atoms with Crippen molar-refractivity contribution in [1.82, 2.24) is 15.0 Å². The van der Waals surface area contributed by atoms with E-state index < -0.39 is 0 Å². The molecule has 18 heavy (non-hydrogen) atoms. The second kappa shape index (κ2) is 5.48. The molecule has 0 aliphatic rings. The van der Waals surface area contributed by atoms with Gasteiger partial charge in [-0.05, 0) is 6.92 Å². The van der Waals surface area contributed by atoms with Gasteiger partial charge in [-0.1, -0.05) is 6.92 Å². The molecule has 6 heteroatoms. The number of oxazole rings is 1. The summed E-state index contributed by atoms with van der Waals surface area (Å²) < 4.78 is 5.39. The highest BCUT2D eigenvalue weighted by Gasteiger charge is 2.04. The summed E-state index contributed by atoms with van der Waals surface area (Å²) in [4.78, 5) is 12.8. The minimum Gasteiger partial charge on any atom is -0.444 e. The van der Waals surface area contributed by atoms with E-state index >= 15 is 0 Å². The third kappa shape index (κ3) is 2.97. The predicted octanol–water partition coefficient (Wildman–Crippen LogP) is 1.99. The maximum Gasteiger partial charge on any atom is 0.213 e. The van der Waals surface area contributed by atoms with Gasteiger partial charge in [0.25, 0.3) is 0 Å². The summed E-state index contributed by atoms with van der Waals surface area (Å²) >= 11 is 0. The Morgan fingerprint density at radius 1 is 1.28 bits per heavy atom. The molecule has 2 N–H and O–H groups in total. The van der Waals surface area contributed by atoms with E-state index in [0.717, 1.165) is 29.6 Å². The molecule has 96 valence electrons. The minimum absolute atomic E-state index is 0.511. The van der Waals surface area contributed by atoms with Crippen LogP contribution in [-0.2, 0) is 13.0 Å². The van der Waals surface area contributed by atoms with Crippen molar-refractivity contribution in [1.29, 1.82) is 0 Å². The lowest BCUT2D eigenvalue weighted by molar-refractivity contribution is 0.478. The van der Waals surface area contributed by atoms with Crippen LogP contribution in [0.2, 0.25) is 0 Å². The number of hydrogen-bond acceptors (Lipinski definition) is 6. The molecule has 0 saturated heterocycles. The highest BCUT2D eigenvalue weighted by atomic mass is 16.4. The molecule has 2 aromatic rings. The van der Waals surface area contributed by atoms with Crippen LogP contribution in [0, 0.1) is 6.92 Å². The molecule has 0 amide bonds. The van der Waals surface area contributed by atoms with Gasteiger partial charge in [0.1, 0.15) is 23.2 Å². The number of anilines is 2. The number of rotatable bonds is 5. The van der Waals surface area contributed by atoms with Crippen molar-refractivity contribution in [2.75, 3.05) is 17.7 Å². The Balaban J connectivity index is 2.08. The number of nitrogens with one attached hydrogen (secondary N) is 2. The first kappa shape index (κ1) is 12.3. The summed E-state index contributed by atoms with van der Waals surface area (Å²) in [7, 11) is 1.84. The molecule has 0 saturated carbocycles.